The summed E-state index contributed by atoms with van der Waals surface area (Å²) in [5.74, 6) is -1.35. The molecule has 0 aromatic heterocycles. The van der Waals surface area contributed by atoms with Gasteiger partial charge in [-0.15, -0.1) is 0 Å². The Morgan fingerprint density at radius 2 is 1.91 bits per heavy atom. The van der Waals surface area contributed by atoms with Crippen LogP contribution < -0.4 is 5.32 Å². The van der Waals surface area contributed by atoms with E-state index in [4.69, 9.17) is 9.68 Å². The number of oxime groups is 2. The second-order valence-corrected chi connectivity index (χ2v) is 7.88. The fourth-order valence-electron chi connectivity index (χ4n) is 3.17. The number of alkyl halides is 3. The molecule has 0 radical (unpaired) electrons. The van der Waals surface area contributed by atoms with E-state index in [1.54, 1.807) is 25.1 Å². The lowest BCUT2D eigenvalue weighted by atomic mass is 9.98. The van der Waals surface area contributed by atoms with Crippen molar-refractivity contribution in [1.29, 1.82) is 0 Å². The first-order valence-corrected chi connectivity index (χ1v) is 10.4. The Balaban J connectivity index is 2.39. The Bertz CT molecular complexity index is 1090. The number of nitrogens with zero attached hydrogens (tertiary/aromatic N) is 2. The van der Waals surface area contributed by atoms with Crippen LogP contribution in [-0.4, -0.2) is 37.7 Å². The van der Waals surface area contributed by atoms with Gasteiger partial charge in [-0.25, -0.2) is 4.39 Å². The van der Waals surface area contributed by atoms with Crippen LogP contribution in [0.2, 0.25) is 0 Å². The molecule has 11 heteroatoms. The third kappa shape index (κ3) is 7.01. The Hall–Kier alpha value is -2.95. The van der Waals surface area contributed by atoms with Crippen molar-refractivity contribution in [3.8, 4) is 0 Å². The number of hydrogen-bond donors (Lipinski definition) is 1. The van der Waals surface area contributed by atoms with Crippen LogP contribution in [0.3, 0.4) is 0 Å². The first-order valence-electron chi connectivity index (χ1n) is 9.62. The van der Waals surface area contributed by atoms with Gasteiger partial charge in [-0.05, 0) is 37.1 Å². The lowest BCUT2D eigenvalue weighted by molar-refractivity contribution is -0.127. The minimum absolute atomic E-state index is 0.00872. The number of halogens is 5. The molecule has 2 aromatic rings. The molecule has 0 unspecified atom stereocenters. The molecule has 2 rings (SSSR count). The first-order chi connectivity index (χ1) is 15.5. The molecule has 0 saturated carbocycles. The molecule has 0 aliphatic rings. The van der Waals surface area contributed by atoms with E-state index in [1.165, 1.54) is 27.1 Å². The second kappa shape index (κ2) is 11.3. The minimum Gasteiger partial charge on any atom is -0.398 e. The zero-order valence-electron chi connectivity index (χ0n) is 18.3. The van der Waals surface area contributed by atoms with Crippen LogP contribution in [0.25, 0.3) is 0 Å². The minimum atomic E-state index is -4.53. The molecule has 178 valence electrons. The van der Waals surface area contributed by atoms with Crippen LogP contribution >= 0.6 is 15.9 Å². The second-order valence-electron chi connectivity index (χ2n) is 6.97. The monoisotopic (exact) mass is 531 g/mol. The summed E-state index contributed by atoms with van der Waals surface area (Å²) in [4.78, 5) is 22.4. The van der Waals surface area contributed by atoms with E-state index < -0.39 is 24.3 Å². The quantitative estimate of drug-likeness (QED) is 0.294. The molecule has 0 bridgehead atoms. The highest BCUT2D eigenvalue weighted by molar-refractivity contribution is 9.10. The zero-order valence-corrected chi connectivity index (χ0v) is 19.9. The number of aryl methyl sites for hydroxylation is 1. The molecule has 0 saturated heterocycles. The lowest BCUT2D eigenvalue weighted by Crippen LogP contribution is -2.29. The Labute approximate surface area is 196 Å². The van der Waals surface area contributed by atoms with Crippen molar-refractivity contribution in [2.75, 3.05) is 14.2 Å². The van der Waals surface area contributed by atoms with E-state index in [0.29, 0.717) is 11.1 Å². The third-order valence-corrected chi connectivity index (χ3v) is 5.05. The predicted octanol–water partition coefficient (Wildman–Crippen LogP) is 5.04. The highest BCUT2D eigenvalue weighted by atomic mass is 79.9. The summed E-state index contributed by atoms with van der Waals surface area (Å²) < 4.78 is 53.6. The largest absolute Gasteiger partial charge is 0.398 e. The van der Waals surface area contributed by atoms with Gasteiger partial charge in [-0.2, -0.15) is 13.2 Å². The van der Waals surface area contributed by atoms with Gasteiger partial charge in [0.1, 0.15) is 19.5 Å². The number of hydrogen-bond acceptors (Lipinski definition) is 5. The van der Waals surface area contributed by atoms with Crippen molar-refractivity contribution in [2.45, 2.75) is 33.1 Å². The molecule has 6 nitrogen and oxygen atoms in total. The van der Waals surface area contributed by atoms with Crippen LogP contribution in [-0.2, 0) is 27.5 Å². The molecule has 0 aliphatic carbocycles. The third-order valence-electron chi connectivity index (χ3n) is 4.59. The van der Waals surface area contributed by atoms with Crippen LogP contribution in [0.4, 0.5) is 17.6 Å². The van der Waals surface area contributed by atoms with Gasteiger partial charge < -0.3 is 15.0 Å². The fraction of sp³-hybridized carbons (Fsp3) is 0.318. The number of likely N-dealkylation sites (N-methyl/N-ethyl adjacent to an activating group) is 1. The van der Waals surface area contributed by atoms with Gasteiger partial charge in [-0.3, -0.25) is 4.79 Å². The molecule has 33 heavy (non-hydrogen) atoms. The predicted molar refractivity (Wildman–Crippen MR) is 120 cm³/mol. The van der Waals surface area contributed by atoms with Gasteiger partial charge in [0.2, 0.25) is 0 Å². The Morgan fingerprint density at radius 1 is 1.21 bits per heavy atom. The van der Waals surface area contributed by atoms with Crippen molar-refractivity contribution in [2.24, 2.45) is 10.3 Å². The van der Waals surface area contributed by atoms with E-state index in [2.05, 4.69) is 31.6 Å². The lowest BCUT2D eigenvalue weighted by Gasteiger charge is -2.15. The van der Waals surface area contributed by atoms with Crippen molar-refractivity contribution in [1.82, 2.24) is 5.32 Å². The van der Waals surface area contributed by atoms with Gasteiger partial charge in [0.15, 0.2) is 5.71 Å². The molecule has 0 aliphatic heterocycles. The Morgan fingerprint density at radius 3 is 2.52 bits per heavy atom. The molecule has 0 heterocycles. The highest BCUT2D eigenvalue weighted by Crippen LogP contribution is 2.28. The first kappa shape index (κ1) is 26.3. The Kier molecular flexibility index (Phi) is 8.98. The summed E-state index contributed by atoms with van der Waals surface area (Å²) in [5, 5.41) is 10.1. The molecular weight excluding hydrogens is 510 g/mol. The van der Waals surface area contributed by atoms with E-state index >= 15 is 0 Å². The number of carbonyl (C=O) groups is 1. The van der Waals surface area contributed by atoms with Crippen molar-refractivity contribution in [3.05, 3.63) is 68.4 Å². The maximum atomic E-state index is 14.5. The molecule has 0 spiro atoms. The molecule has 0 fully saturated rings. The molecule has 1 amide bonds. The van der Waals surface area contributed by atoms with E-state index in [1.807, 2.05) is 0 Å². The summed E-state index contributed by atoms with van der Waals surface area (Å²) in [6.07, 6.45) is -5.85. The van der Waals surface area contributed by atoms with Crippen molar-refractivity contribution in [3.63, 3.8) is 0 Å². The van der Waals surface area contributed by atoms with Gasteiger partial charge in [-0.1, -0.05) is 44.4 Å². The maximum absolute atomic E-state index is 14.5. The van der Waals surface area contributed by atoms with Gasteiger partial charge in [0.25, 0.3) is 5.91 Å². The van der Waals surface area contributed by atoms with Crippen molar-refractivity contribution >= 4 is 33.3 Å². The van der Waals surface area contributed by atoms with E-state index in [9.17, 15) is 22.4 Å². The highest BCUT2D eigenvalue weighted by Gasteiger charge is 2.30. The smallest absolute Gasteiger partial charge is 0.393 e. The number of rotatable bonds is 8. The summed E-state index contributed by atoms with van der Waals surface area (Å²) in [7, 11) is 2.74. The van der Waals surface area contributed by atoms with Gasteiger partial charge in [0.05, 0.1) is 12.1 Å². The molecule has 0 atom stereocenters. The fourth-order valence-corrected chi connectivity index (χ4v) is 3.64. The van der Waals surface area contributed by atoms with Crippen LogP contribution in [0.5, 0.6) is 0 Å². The zero-order chi connectivity index (χ0) is 24.8. The van der Waals surface area contributed by atoms with Gasteiger partial charge >= 0.3 is 6.18 Å². The number of amides is 1. The molecular formula is C22H22BrF4N3O3. The summed E-state index contributed by atoms with van der Waals surface area (Å²) >= 11 is 3.01. The van der Waals surface area contributed by atoms with E-state index in [0.717, 1.165) is 11.6 Å². The topological polar surface area (TPSA) is 72.3 Å². The standard InChI is InChI=1S/C22H22BrF4N3O3/c1-12-6-5-7-16(20(30-32-4)21(31)28-3)17(12)11-33-29-13(2)19-14(10-22(25,26)27)8-15(23)9-18(19)24/h5-9H,10-11H2,1-4H3,(H,28,31)/b29-13+,30-20+. The van der Waals surface area contributed by atoms with Crippen molar-refractivity contribution < 1.29 is 32.0 Å². The molecule has 2 aromatic carbocycles. The maximum Gasteiger partial charge on any atom is 0.393 e. The number of benzene rings is 2. The summed E-state index contributed by atoms with van der Waals surface area (Å²) in [6, 6.07) is 7.40. The van der Waals surface area contributed by atoms with Crippen LogP contribution in [0.15, 0.2) is 45.1 Å². The summed E-state index contributed by atoms with van der Waals surface area (Å²) in [5.41, 5.74) is 1.12. The number of carbonyl (C=O) groups excluding carboxylic acids is 1. The SMILES string of the molecule is CNC(=O)/C(=N/OC)c1cccc(C)c1CO/N=C(\C)c1c(F)cc(Br)cc1CC(F)(F)F. The normalized spacial score (nSPS) is 12.5. The van der Waals surface area contributed by atoms with Crippen LogP contribution in [0, 0.1) is 12.7 Å². The van der Waals surface area contributed by atoms with E-state index in [-0.39, 0.29) is 33.6 Å². The van der Waals surface area contributed by atoms with Crippen LogP contribution in [0.1, 0.15) is 34.7 Å². The average Bonchev–Trinajstić information content (AvgIpc) is 2.71. The van der Waals surface area contributed by atoms with Gasteiger partial charge in [0, 0.05) is 28.2 Å². The number of nitrogens with one attached hydrogen (secondary N) is 1. The summed E-state index contributed by atoms with van der Waals surface area (Å²) in [6.45, 7) is 2.99. The average molecular weight is 532 g/mol. The molecule has 1 N–H and O–H groups in total.